The van der Waals surface area contributed by atoms with Gasteiger partial charge in [-0.25, -0.2) is 0 Å². The highest BCUT2D eigenvalue weighted by Gasteiger charge is 2.04. The number of benzene rings is 2. The highest BCUT2D eigenvalue weighted by molar-refractivity contribution is 5.36. The van der Waals surface area contributed by atoms with Crippen LogP contribution in [-0.2, 0) is 13.2 Å². The first-order chi connectivity index (χ1) is 10.2. The Bertz CT molecular complexity index is 549. The number of aliphatic hydroxyl groups excluding tert-OH is 1. The Morgan fingerprint density at radius 3 is 2.00 bits per heavy atom. The molecule has 5 heteroatoms. The van der Waals surface area contributed by atoms with Crippen molar-refractivity contribution in [2.24, 2.45) is 0 Å². The molecule has 0 bridgehead atoms. The molecule has 0 aliphatic heterocycles. The lowest BCUT2D eigenvalue weighted by molar-refractivity contribution is -0.384. The zero-order chi connectivity index (χ0) is 15.7. The Balaban J connectivity index is 0.00000106. The third-order valence-corrected chi connectivity index (χ3v) is 2.66. The topological polar surface area (TPSA) is 72.6 Å². The SMILES string of the molecule is CC.O=[N+]([O-])c1ccc(OCc2ccc(CO)cc2)cc1. The summed E-state index contributed by atoms with van der Waals surface area (Å²) in [6, 6.07) is 13.4. The maximum Gasteiger partial charge on any atom is 0.269 e. The molecule has 2 rings (SSSR count). The second-order valence-electron chi connectivity index (χ2n) is 4.01. The van der Waals surface area contributed by atoms with E-state index in [1.54, 1.807) is 12.1 Å². The Kier molecular flexibility index (Phi) is 6.91. The van der Waals surface area contributed by atoms with Crippen molar-refractivity contribution in [3.8, 4) is 5.75 Å². The molecule has 5 nitrogen and oxygen atoms in total. The average molecular weight is 289 g/mol. The number of hydrogen-bond donors (Lipinski definition) is 1. The molecule has 0 unspecified atom stereocenters. The minimum absolute atomic E-state index is 0.0174. The minimum Gasteiger partial charge on any atom is -0.489 e. The summed E-state index contributed by atoms with van der Waals surface area (Å²) >= 11 is 0. The van der Waals surface area contributed by atoms with E-state index in [9.17, 15) is 10.1 Å². The summed E-state index contributed by atoms with van der Waals surface area (Å²) in [5.74, 6) is 0.580. The number of aliphatic hydroxyl groups is 1. The molecule has 0 aliphatic rings. The molecule has 0 radical (unpaired) electrons. The lowest BCUT2D eigenvalue weighted by Gasteiger charge is -2.06. The molecule has 112 valence electrons. The molecule has 21 heavy (non-hydrogen) atoms. The first kappa shape index (κ1) is 16.7. The lowest BCUT2D eigenvalue weighted by Crippen LogP contribution is -1.96. The molecule has 2 aromatic rings. The summed E-state index contributed by atoms with van der Waals surface area (Å²) in [5.41, 5.74) is 1.86. The second kappa shape index (κ2) is 8.71. The van der Waals surface area contributed by atoms with Crippen LogP contribution >= 0.6 is 0 Å². The highest BCUT2D eigenvalue weighted by atomic mass is 16.6. The minimum atomic E-state index is -0.447. The second-order valence-corrected chi connectivity index (χ2v) is 4.01. The largest absolute Gasteiger partial charge is 0.489 e. The molecule has 0 atom stereocenters. The van der Waals surface area contributed by atoms with Gasteiger partial charge in [-0.2, -0.15) is 0 Å². The van der Waals surface area contributed by atoms with Crippen LogP contribution in [0.1, 0.15) is 25.0 Å². The molecule has 1 N–H and O–H groups in total. The van der Waals surface area contributed by atoms with Crippen LogP contribution in [0.3, 0.4) is 0 Å². The van der Waals surface area contributed by atoms with Gasteiger partial charge in [0.2, 0.25) is 0 Å². The van der Waals surface area contributed by atoms with E-state index < -0.39 is 4.92 Å². The number of non-ortho nitro benzene ring substituents is 1. The molecule has 0 aliphatic carbocycles. The van der Waals surface area contributed by atoms with E-state index in [4.69, 9.17) is 9.84 Å². The van der Waals surface area contributed by atoms with Crippen molar-refractivity contribution >= 4 is 5.69 Å². The van der Waals surface area contributed by atoms with E-state index in [1.807, 2.05) is 38.1 Å². The molecular formula is C16H19NO4. The quantitative estimate of drug-likeness (QED) is 0.673. The number of hydrogen-bond acceptors (Lipinski definition) is 4. The molecule has 0 heterocycles. The van der Waals surface area contributed by atoms with Crippen molar-refractivity contribution in [2.45, 2.75) is 27.1 Å². The van der Waals surface area contributed by atoms with Crippen LogP contribution in [0.5, 0.6) is 5.75 Å². The molecule has 0 saturated carbocycles. The normalized spacial score (nSPS) is 9.48. The van der Waals surface area contributed by atoms with Crippen LogP contribution in [0.4, 0.5) is 5.69 Å². The maximum absolute atomic E-state index is 10.5. The zero-order valence-electron chi connectivity index (χ0n) is 12.2. The van der Waals surface area contributed by atoms with E-state index in [0.29, 0.717) is 12.4 Å². The standard InChI is InChI=1S/C14H13NO4.C2H6/c16-9-11-1-3-12(4-2-11)10-19-14-7-5-13(6-8-14)15(17)18;1-2/h1-8,16H,9-10H2;1-2H3. The van der Waals surface area contributed by atoms with Crippen molar-refractivity contribution in [1.29, 1.82) is 0 Å². The lowest BCUT2D eigenvalue weighted by atomic mass is 10.1. The summed E-state index contributed by atoms with van der Waals surface area (Å²) in [6.45, 7) is 4.40. The summed E-state index contributed by atoms with van der Waals surface area (Å²) < 4.78 is 5.52. The van der Waals surface area contributed by atoms with E-state index >= 15 is 0 Å². The monoisotopic (exact) mass is 289 g/mol. The van der Waals surface area contributed by atoms with Gasteiger partial charge in [0, 0.05) is 12.1 Å². The Morgan fingerprint density at radius 1 is 1.00 bits per heavy atom. The Morgan fingerprint density at radius 2 is 1.52 bits per heavy atom. The van der Waals surface area contributed by atoms with Crippen LogP contribution in [0, 0.1) is 10.1 Å². The van der Waals surface area contributed by atoms with Crippen LogP contribution in [-0.4, -0.2) is 10.0 Å². The molecular weight excluding hydrogens is 270 g/mol. The fourth-order valence-corrected chi connectivity index (χ4v) is 1.57. The number of nitro benzene ring substituents is 1. The van der Waals surface area contributed by atoms with Crippen LogP contribution < -0.4 is 4.74 Å². The number of rotatable bonds is 5. The fourth-order valence-electron chi connectivity index (χ4n) is 1.57. The molecule has 0 fully saturated rings. The van der Waals surface area contributed by atoms with Gasteiger partial charge >= 0.3 is 0 Å². The highest BCUT2D eigenvalue weighted by Crippen LogP contribution is 2.18. The first-order valence-corrected chi connectivity index (χ1v) is 6.75. The maximum atomic E-state index is 10.5. The molecule has 0 saturated heterocycles. The number of ether oxygens (including phenoxy) is 1. The smallest absolute Gasteiger partial charge is 0.269 e. The van der Waals surface area contributed by atoms with E-state index in [1.165, 1.54) is 12.1 Å². The summed E-state index contributed by atoms with van der Waals surface area (Å²) in [7, 11) is 0. The molecule has 0 aromatic heterocycles. The predicted molar refractivity (Wildman–Crippen MR) is 81.1 cm³/mol. The Hall–Kier alpha value is -2.40. The van der Waals surface area contributed by atoms with Crippen LogP contribution in [0.25, 0.3) is 0 Å². The van der Waals surface area contributed by atoms with Crippen molar-refractivity contribution in [2.75, 3.05) is 0 Å². The van der Waals surface area contributed by atoms with Gasteiger partial charge in [0.25, 0.3) is 5.69 Å². The van der Waals surface area contributed by atoms with Gasteiger partial charge in [-0.3, -0.25) is 10.1 Å². The van der Waals surface area contributed by atoms with Gasteiger partial charge in [0.1, 0.15) is 12.4 Å². The van der Waals surface area contributed by atoms with Gasteiger partial charge in [-0.1, -0.05) is 38.1 Å². The van der Waals surface area contributed by atoms with E-state index in [-0.39, 0.29) is 12.3 Å². The third-order valence-electron chi connectivity index (χ3n) is 2.66. The summed E-state index contributed by atoms with van der Waals surface area (Å²) in [5, 5.41) is 19.4. The van der Waals surface area contributed by atoms with Crippen LogP contribution in [0.15, 0.2) is 48.5 Å². The predicted octanol–water partition coefficient (Wildman–Crippen LogP) is 3.69. The van der Waals surface area contributed by atoms with Gasteiger partial charge in [-0.05, 0) is 23.3 Å². The van der Waals surface area contributed by atoms with Crippen LogP contribution in [0.2, 0.25) is 0 Å². The van der Waals surface area contributed by atoms with E-state index in [0.717, 1.165) is 11.1 Å². The third kappa shape index (κ3) is 5.24. The van der Waals surface area contributed by atoms with Crippen molar-refractivity contribution in [3.05, 3.63) is 69.8 Å². The van der Waals surface area contributed by atoms with Gasteiger partial charge in [0.15, 0.2) is 0 Å². The number of nitrogens with zero attached hydrogens (tertiary/aromatic N) is 1. The van der Waals surface area contributed by atoms with Crippen molar-refractivity contribution < 1.29 is 14.8 Å². The van der Waals surface area contributed by atoms with Crippen molar-refractivity contribution in [1.82, 2.24) is 0 Å². The number of nitro groups is 1. The molecule has 0 amide bonds. The van der Waals surface area contributed by atoms with E-state index in [2.05, 4.69) is 0 Å². The Labute approximate surface area is 124 Å². The molecule has 2 aromatic carbocycles. The average Bonchev–Trinajstić information content (AvgIpc) is 2.55. The summed E-state index contributed by atoms with van der Waals surface area (Å²) in [6.07, 6.45) is 0. The van der Waals surface area contributed by atoms with Gasteiger partial charge in [0.05, 0.1) is 11.5 Å². The van der Waals surface area contributed by atoms with Gasteiger partial charge < -0.3 is 9.84 Å². The van der Waals surface area contributed by atoms with Gasteiger partial charge in [-0.15, -0.1) is 0 Å². The summed E-state index contributed by atoms with van der Waals surface area (Å²) in [4.78, 5) is 10.0. The fraction of sp³-hybridized carbons (Fsp3) is 0.250. The van der Waals surface area contributed by atoms with Crippen molar-refractivity contribution in [3.63, 3.8) is 0 Å². The zero-order valence-corrected chi connectivity index (χ0v) is 12.2. The first-order valence-electron chi connectivity index (χ1n) is 6.75. The molecule has 0 spiro atoms.